The van der Waals surface area contributed by atoms with E-state index in [0.717, 1.165) is 12.8 Å². The van der Waals surface area contributed by atoms with E-state index in [9.17, 15) is 9.90 Å². The molecule has 1 aromatic carbocycles. The van der Waals surface area contributed by atoms with Crippen LogP contribution in [0.2, 0.25) is 0 Å². The Bertz CT molecular complexity index is 380. The summed E-state index contributed by atoms with van der Waals surface area (Å²) in [6, 6.07) is 4.88. The lowest BCUT2D eigenvalue weighted by Gasteiger charge is -2.08. The highest BCUT2D eigenvalue weighted by molar-refractivity contribution is 6.01. The zero-order chi connectivity index (χ0) is 10.8. The Balaban J connectivity index is 2.27. The Morgan fingerprint density at radius 1 is 1.53 bits per heavy atom. The Morgan fingerprint density at radius 3 is 2.87 bits per heavy atom. The van der Waals surface area contributed by atoms with Gasteiger partial charge in [-0.1, -0.05) is 6.07 Å². The summed E-state index contributed by atoms with van der Waals surface area (Å²) >= 11 is 0. The summed E-state index contributed by atoms with van der Waals surface area (Å²) in [5, 5.41) is 9.63. The molecule has 1 aliphatic rings. The van der Waals surface area contributed by atoms with Crippen molar-refractivity contribution in [2.45, 2.75) is 19.3 Å². The van der Waals surface area contributed by atoms with E-state index >= 15 is 0 Å². The second-order valence-corrected chi connectivity index (χ2v) is 3.93. The fraction of sp³-hybridized carbons (Fsp3) is 0.417. The van der Waals surface area contributed by atoms with E-state index in [1.165, 1.54) is 13.2 Å². The van der Waals surface area contributed by atoms with Crippen LogP contribution >= 0.6 is 0 Å². The van der Waals surface area contributed by atoms with Gasteiger partial charge in [0.05, 0.1) is 7.11 Å². The molecule has 0 aromatic heterocycles. The van der Waals surface area contributed by atoms with Crippen LogP contribution < -0.4 is 4.74 Å². The van der Waals surface area contributed by atoms with Gasteiger partial charge < -0.3 is 9.84 Å². The minimum atomic E-state index is -0.0209. The van der Waals surface area contributed by atoms with E-state index in [2.05, 4.69) is 0 Å². The smallest absolute Gasteiger partial charge is 0.170 e. The number of carbonyl (C=O) groups excluding carboxylic acids is 1. The SMILES string of the molecule is COc1cccc(O)c1C(=O)CC1CC1. The molecular formula is C12H14O3. The van der Waals surface area contributed by atoms with Crippen LogP contribution in [0.4, 0.5) is 0 Å². The molecule has 0 amide bonds. The second kappa shape index (κ2) is 3.93. The molecule has 1 aliphatic carbocycles. The summed E-state index contributed by atoms with van der Waals surface area (Å²) < 4.78 is 5.07. The highest BCUT2D eigenvalue weighted by Crippen LogP contribution is 2.36. The fourth-order valence-electron chi connectivity index (χ4n) is 1.66. The molecule has 15 heavy (non-hydrogen) atoms. The number of hydrogen-bond donors (Lipinski definition) is 1. The first-order valence-electron chi connectivity index (χ1n) is 5.11. The molecule has 0 heterocycles. The minimum absolute atomic E-state index is 0.0139. The molecule has 0 unspecified atom stereocenters. The van der Waals surface area contributed by atoms with Gasteiger partial charge >= 0.3 is 0 Å². The van der Waals surface area contributed by atoms with Crippen molar-refractivity contribution in [3.63, 3.8) is 0 Å². The summed E-state index contributed by atoms with van der Waals surface area (Å²) in [5.41, 5.74) is 0.326. The molecule has 0 radical (unpaired) electrons. The van der Waals surface area contributed by atoms with Gasteiger partial charge in [-0.05, 0) is 30.9 Å². The topological polar surface area (TPSA) is 46.5 Å². The molecule has 80 valence electrons. The number of phenolic OH excluding ortho intramolecular Hbond substituents is 1. The average Bonchev–Trinajstić information content (AvgIpc) is 3.00. The number of rotatable bonds is 4. The number of ether oxygens (including phenoxy) is 1. The molecule has 1 N–H and O–H groups in total. The van der Waals surface area contributed by atoms with Crippen molar-refractivity contribution < 1.29 is 14.6 Å². The molecule has 3 heteroatoms. The molecule has 1 fully saturated rings. The molecule has 2 rings (SSSR count). The standard InChI is InChI=1S/C12H14O3/c1-15-11-4-2-3-9(13)12(11)10(14)7-8-5-6-8/h2-4,8,13H,5-7H2,1H3. The number of aromatic hydroxyl groups is 1. The van der Waals surface area contributed by atoms with Crippen molar-refractivity contribution in [2.24, 2.45) is 5.92 Å². The van der Waals surface area contributed by atoms with Gasteiger partial charge in [-0.3, -0.25) is 4.79 Å². The first-order valence-corrected chi connectivity index (χ1v) is 5.11. The van der Waals surface area contributed by atoms with Crippen LogP contribution in [0.15, 0.2) is 18.2 Å². The first kappa shape index (κ1) is 10.0. The number of hydrogen-bond acceptors (Lipinski definition) is 3. The summed E-state index contributed by atoms with van der Waals surface area (Å²) in [4.78, 5) is 11.9. The van der Waals surface area contributed by atoms with Crippen molar-refractivity contribution in [1.29, 1.82) is 0 Å². The molecule has 0 spiro atoms. The zero-order valence-corrected chi connectivity index (χ0v) is 8.69. The van der Waals surface area contributed by atoms with Crippen molar-refractivity contribution >= 4 is 5.78 Å². The molecule has 0 aliphatic heterocycles. The maximum absolute atomic E-state index is 11.9. The van der Waals surface area contributed by atoms with Gasteiger partial charge in [0.2, 0.25) is 0 Å². The largest absolute Gasteiger partial charge is 0.507 e. The zero-order valence-electron chi connectivity index (χ0n) is 8.69. The van der Waals surface area contributed by atoms with Gasteiger partial charge in [-0.2, -0.15) is 0 Å². The normalized spacial score (nSPS) is 15.0. The number of methoxy groups -OCH3 is 1. The van der Waals surface area contributed by atoms with Gasteiger partial charge in [-0.25, -0.2) is 0 Å². The second-order valence-electron chi connectivity index (χ2n) is 3.93. The van der Waals surface area contributed by atoms with Gasteiger partial charge in [0.1, 0.15) is 17.1 Å². The van der Waals surface area contributed by atoms with E-state index in [1.54, 1.807) is 12.1 Å². The molecule has 3 nitrogen and oxygen atoms in total. The van der Waals surface area contributed by atoms with Gasteiger partial charge in [0, 0.05) is 6.42 Å². The van der Waals surface area contributed by atoms with Crippen LogP contribution in [-0.2, 0) is 0 Å². The highest BCUT2D eigenvalue weighted by atomic mass is 16.5. The monoisotopic (exact) mass is 206 g/mol. The van der Waals surface area contributed by atoms with E-state index in [0.29, 0.717) is 23.7 Å². The van der Waals surface area contributed by atoms with Crippen LogP contribution in [0.1, 0.15) is 29.6 Å². The minimum Gasteiger partial charge on any atom is -0.507 e. The van der Waals surface area contributed by atoms with Gasteiger partial charge in [-0.15, -0.1) is 0 Å². The van der Waals surface area contributed by atoms with Crippen LogP contribution in [0.25, 0.3) is 0 Å². The predicted octanol–water partition coefficient (Wildman–Crippen LogP) is 2.38. The third-order valence-electron chi connectivity index (χ3n) is 2.67. The summed E-state index contributed by atoms with van der Waals surface area (Å²) in [6.45, 7) is 0. The van der Waals surface area contributed by atoms with E-state index < -0.39 is 0 Å². The quantitative estimate of drug-likeness (QED) is 0.769. The summed E-state index contributed by atoms with van der Waals surface area (Å²) in [7, 11) is 1.50. The number of phenols is 1. The Hall–Kier alpha value is -1.51. The third kappa shape index (κ3) is 2.12. The molecule has 1 aromatic rings. The number of benzene rings is 1. The van der Waals surface area contributed by atoms with Gasteiger partial charge in [0.25, 0.3) is 0 Å². The summed E-state index contributed by atoms with van der Waals surface area (Å²) in [5.74, 6) is 0.968. The molecule has 0 bridgehead atoms. The van der Waals surface area contributed by atoms with Crippen molar-refractivity contribution in [3.05, 3.63) is 23.8 Å². The van der Waals surface area contributed by atoms with E-state index in [-0.39, 0.29) is 11.5 Å². The van der Waals surface area contributed by atoms with Crippen molar-refractivity contribution in [3.8, 4) is 11.5 Å². The molecule has 0 saturated heterocycles. The van der Waals surface area contributed by atoms with Crippen LogP contribution in [0.3, 0.4) is 0 Å². The summed E-state index contributed by atoms with van der Waals surface area (Å²) in [6.07, 6.45) is 2.78. The van der Waals surface area contributed by atoms with Crippen LogP contribution in [0.5, 0.6) is 11.5 Å². The van der Waals surface area contributed by atoms with E-state index in [4.69, 9.17) is 4.74 Å². The first-order chi connectivity index (χ1) is 7.22. The number of Topliss-reactive ketones (excluding diaryl/α,β-unsaturated/α-hetero) is 1. The van der Waals surface area contributed by atoms with Crippen molar-refractivity contribution in [1.82, 2.24) is 0 Å². The Labute approximate surface area is 88.7 Å². The maximum Gasteiger partial charge on any atom is 0.170 e. The lowest BCUT2D eigenvalue weighted by molar-refractivity contribution is 0.0970. The average molecular weight is 206 g/mol. The molecule has 0 atom stereocenters. The molecular weight excluding hydrogens is 192 g/mol. The van der Waals surface area contributed by atoms with Crippen molar-refractivity contribution in [2.75, 3.05) is 7.11 Å². The highest BCUT2D eigenvalue weighted by Gasteiger charge is 2.27. The Kier molecular flexibility index (Phi) is 2.62. The Morgan fingerprint density at radius 2 is 2.27 bits per heavy atom. The number of carbonyl (C=O) groups is 1. The maximum atomic E-state index is 11.9. The van der Waals surface area contributed by atoms with E-state index in [1.807, 2.05) is 0 Å². The third-order valence-corrected chi connectivity index (χ3v) is 2.67. The van der Waals surface area contributed by atoms with Crippen LogP contribution in [-0.4, -0.2) is 18.0 Å². The number of ketones is 1. The lowest BCUT2D eigenvalue weighted by Crippen LogP contribution is -2.03. The van der Waals surface area contributed by atoms with Crippen LogP contribution in [0, 0.1) is 5.92 Å². The fourth-order valence-corrected chi connectivity index (χ4v) is 1.66. The lowest BCUT2D eigenvalue weighted by atomic mass is 10.0. The van der Waals surface area contributed by atoms with Gasteiger partial charge in [0.15, 0.2) is 5.78 Å². The predicted molar refractivity (Wildman–Crippen MR) is 56.3 cm³/mol. The molecule has 1 saturated carbocycles.